The predicted molar refractivity (Wildman–Crippen MR) is 108 cm³/mol. The van der Waals surface area contributed by atoms with Gasteiger partial charge in [0.15, 0.2) is 0 Å². The highest BCUT2D eigenvalue weighted by atomic mass is 32.1. The van der Waals surface area contributed by atoms with Crippen molar-refractivity contribution in [2.75, 3.05) is 0 Å². The maximum atomic E-state index is 12.9. The molecule has 0 atom stereocenters. The van der Waals surface area contributed by atoms with E-state index < -0.39 is 0 Å². The zero-order valence-corrected chi connectivity index (χ0v) is 15.6. The quantitative estimate of drug-likeness (QED) is 0.564. The molecule has 7 heteroatoms. The lowest BCUT2D eigenvalue weighted by Crippen LogP contribution is -2.32. The van der Waals surface area contributed by atoms with Crippen molar-refractivity contribution in [1.82, 2.24) is 14.9 Å². The van der Waals surface area contributed by atoms with Crippen molar-refractivity contribution < 1.29 is 9.18 Å². The van der Waals surface area contributed by atoms with Gasteiger partial charge in [0, 0.05) is 17.5 Å². The molecule has 0 aliphatic carbocycles. The summed E-state index contributed by atoms with van der Waals surface area (Å²) in [4.78, 5) is 30.2. The van der Waals surface area contributed by atoms with E-state index in [2.05, 4.69) is 10.3 Å². The molecule has 28 heavy (non-hydrogen) atoms. The molecule has 0 bridgehead atoms. The monoisotopic (exact) mass is 393 g/mol. The number of carbonyl (C=O) groups is 1. The number of benzene rings is 2. The fourth-order valence-corrected chi connectivity index (χ4v) is 3.83. The average molecular weight is 393 g/mol. The molecule has 2 heterocycles. The Labute approximate surface area is 164 Å². The Morgan fingerprint density at radius 2 is 1.86 bits per heavy atom. The van der Waals surface area contributed by atoms with Crippen LogP contribution in [0.15, 0.2) is 71.1 Å². The van der Waals surface area contributed by atoms with Crippen molar-refractivity contribution in [3.63, 3.8) is 0 Å². The second-order valence-electron chi connectivity index (χ2n) is 6.28. The summed E-state index contributed by atoms with van der Waals surface area (Å²) in [7, 11) is 0. The minimum Gasteiger partial charge on any atom is -0.350 e. The molecule has 0 spiro atoms. The van der Waals surface area contributed by atoms with Crippen molar-refractivity contribution in [3.05, 3.63) is 88.0 Å². The van der Waals surface area contributed by atoms with Crippen LogP contribution < -0.4 is 10.9 Å². The van der Waals surface area contributed by atoms with E-state index in [-0.39, 0.29) is 30.4 Å². The lowest BCUT2D eigenvalue weighted by atomic mass is 10.1. The average Bonchev–Trinajstić information content (AvgIpc) is 3.15. The first-order valence-electron chi connectivity index (χ1n) is 8.65. The van der Waals surface area contributed by atoms with Crippen LogP contribution in [0.2, 0.25) is 0 Å². The molecule has 0 fully saturated rings. The summed E-state index contributed by atoms with van der Waals surface area (Å²) >= 11 is 1.40. The maximum Gasteiger partial charge on any atom is 0.263 e. The fraction of sp³-hybridized carbons (Fsp3) is 0.0952. The van der Waals surface area contributed by atoms with Crippen molar-refractivity contribution in [1.29, 1.82) is 0 Å². The normalized spacial score (nSPS) is 10.9. The standard InChI is InChI=1S/C21H16FN3O2S/c22-16-8-6-14(7-9-16)10-23-18(26)11-25-13-24-20-19(21(25)27)17(12-28-20)15-4-2-1-3-5-15/h1-9,12-13H,10-11H2,(H,23,26). The van der Waals surface area contributed by atoms with Crippen LogP contribution in [0.4, 0.5) is 4.39 Å². The first-order valence-corrected chi connectivity index (χ1v) is 9.53. The minimum absolute atomic E-state index is 0.132. The van der Waals surface area contributed by atoms with E-state index in [4.69, 9.17) is 0 Å². The van der Waals surface area contributed by atoms with Gasteiger partial charge >= 0.3 is 0 Å². The SMILES string of the molecule is O=C(Cn1cnc2scc(-c3ccccc3)c2c1=O)NCc1ccc(F)cc1. The second kappa shape index (κ2) is 7.74. The van der Waals surface area contributed by atoms with Gasteiger partial charge in [0.2, 0.25) is 5.91 Å². The predicted octanol–water partition coefficient (Wildman–Crippen LogP) is 3.58. The molecule has 0 unspecified atom stereocenters. The highest BCUT2D eigenvalue weighted by Crippen LogP contribution is 2.30. The van der Waals surface area contributed by atoms with Gasteiger partial charge in [0.05, 0.1) is 11.7 Å². The third-order valence-corrected chi connectivity index (χ3v) is 5.25. The molecule has 1 amide bonds. The van der Waals surface area contributed by atoms with Gasteiger partial charge in [-0.25, -0.2) is 9.37 Å². The van der Waals surface area contributed by atoms with E-state index in [9.17, 15) is 14.0 Å². The van der Waals surface area contributed by atoms with Crippen molar-refractivity contribution in [2.24, 2.45) is 0 Å². The third-order valence-electron chi connectivity index (χ3n) is 4.36. The van der Waals surface area contributed by atoms with Gasteiger partial charge in [0.25, 0.3) is 5.56 Å². The van der Waals surface area contributed by atoms with Gasteiger partial charge in [0.1, 0.15) is 17.2 Å². The van der Waals surface area contributed by atoms with Gasteiger partial charge in [-0.1, -0.05) is 42.5 Å². The number of rotatable bonds is 5. The second-order valence-corrected chi connectivity index (χ2v) is 7.13. The first-order chi connectivity index (χ1) is 13.6. The Bertz CT molecular complexity index is 1180. The largest absolute Gasteiger partial charge is 0.350 e. The van der Waals surface area contributed by atoms with Crippen LogP contribution in [-0.2, 0) is 17.9 Å². The molecule has 0 radical (unpaired) electrons. The molecule has 0 aliphatic rings. The van der Waals surface area contributed by atoms with Crippen molar-refractivity contribution in [3.8, 4) is 11.1 Å². The zero-order valence-electron chi connectivity index (χ0n) is 14.8. The van der Waals surface area contributed by atoms with Crippen LogP contribution >= 0.6 is 11.3 Å². The smallest absolute Gasteiger partial charge is 0.263 e. The number of hydrogen-bond acceptors (Lipinski definition) is 4. The van der Waals surface area contributed by atoms with Crippen LogP contribution in [0.3, 0.4) is 0 Å². The molecule has 4 rings (SSSR count). The molecule has 2 aromatic heterocycles. The molecule has 2 aromatic carbocycles. The zero-order chi connectivity index (χ0) is 19.5. The molecule has 1 N–H and O–H groups in total. The molecule has 4 aromatic rings. The van der Waals surface area contributed by atoms with E-state index in [0.717, 1.165) is 16.7 Å². The lowest BCUT2D eigenvalue weighted by Gasteiger charge is -2.08. The van der Waals surface area contributed by atoms with E-state index in [1.165, 1.54) is 34.4 Å². The Morgan fingerprint density at radius 1 is 1.11 bits per heavy atom. The van der Waals surface area contributed by atoms with Gasteiger partial charge < -0.3 is 5.32 Å². The van der Waals surface area contributed by atoms with Crippen LogP contribution in [0, 0.1) is 5.82 Å². The molecule has 140 valence electrons. The topological polar surface area (TPSA) is 64.0 Å². The maximum absolute atomic E-state index is 12.9. The molecular weight excluding hydrogens is 377 g/mol. The number of thiophene rings is 1. The summed E-state index contributed by atoms with van der Waals surface area (Å²) < 4.78 is 14.2. The van der Waals surface area contributed by atoms with E-state index >= 15 is 0 Å². The van der Waals surface area contributed by atoms with Gasteiger partial charge in [-0.2, -0.15) is 0 Å². The van der Waals surface area contributed by atoms with Crippen molar-refractivity contribution >= 4 is 27.5 Å². The number of carbonyl (C=O) groups excluding carboxylic acids is 1. The highest BCUT2D eigenvalue weighted by molar-refractivity contribution is 7.17. The molecule has 0 aliphatic heterocycles. The van der Waals surface area contributed by atoms with E-state index in [0.29, 0.717) is 10.2 Å². The third kappa shape index (κ3) is 3.70. The van der Waals surface area contributed by atoms with E-state index in [1.54, 1.807) is 12.1 Å². The Balaban J connectivity index is 1.55. The number of aromatic nitrogens is 2. The number of amides is 1. The first kappa shape index (κ1) is 18.1. The Morgan fingerprint density at radius 3 is 2.61 bits per heavy atom. The molecule has 0 saturated carbocycles. The van der Waals surface area contributed by atoms with Crippen LogP contribution in [-0.4, -0.2) is 15.5 Å². The number of fused-ring (bicyclic) bond motifs is 1. The lowest BCUT2D eigenvalue weighted by molar-refractivity contribution is -0.121. The minimum atomic E-state index is -0.328. The van der Waals surface area contributed by atoms with Gasteiger partial charge in [-0.05, 0) is 23.3 Å². The Kier molecular flexibility index (Phi) is 4.99. The Hall–Kier alpha value is -3.32. The number of nitrogens with zero attached hydrogens (tertiary/aromatic N) is 2. The molecule has 0 saturated heterocycles. The van der Waals surface area contributed by atoms with Crippen molar-refractivity contribution in [2.45, 2.75) is 13.1 Å². The summed E-state index contributed by atoms with van der Waals surface area (Å²) in [6.07, 6.45) is 1.40. The summed E-state index contributed by atoms with van der Waals surface area (Å²) in [5, 5.41) is 5.16. The number of hydrogen-bond donors (Lipinski definition) is 1. The molecular formula is C21H16FN3O2S. The van der Waals surface area contributed by atoms with Crippen LogP contribution in [0.25, 0.3) is 21.3 Å². The highest BCUT2D eigenvalue weighted by Gasteiger charge is 2.14. The summed E-state index contributed by atoms with van der Waals surface area (Å²) in [6.45, 7) is 0.129. The summed E-state index contributed by atoms with van der Waals surface area (Å²) in [5.74, 6) is -0.643. The van der Waals surface area contributed by atoms with Crippen LogP contribution in [0.1, 0.15) is 5.56 Å². The number of nitrogens with one attached hydrogen (secondary N) is 1. The fourth-order valence-electron chi connectivity index (χ4n) is 2.92. The summed E-state index contributed by atoms with van der Waals surface area (Å²) in [6, 6.07) is 15.5. The van der Waals surface area contributed by atoms with E-state index in [1.807, 2.05) is 35.7 Å². The van der Waals surface area contributed by atoms with Gasteiger partial charge in [-0.3, -0.25) is 14.2 Å². The number of halogens is 1. The van der Waals surface area contributed by atoms with Crippen LogP contribution in [0.5, 0.6) is 0 Å². The summed E-state index contributed by atoms with van der Waals surface area (Å²) in [5.41, 5.74) is 2.28. The molecule has 5 nitrogen and oxygen atoms in total. The van der Waals surface area contributed by atoms with Gasteiger partial charge in [-0.15, -0.1) is 11.3 Å².